The summed E-state index contributed by atoms with van der Waals surface area (Å²) in [5, 5.41) is 9.44. The molecule has 0 saturated carbocycles. The largest absolute Gasteiger partial charge is 0.418 e. The van der Waals surface area contributed by atoms with Gasteiger partial charge in [-0.3, -0.25) is 0 Å². The van der Waals surface area contributed by atoms with Gasteiger partial charge in [0.05, 0.1) is 22.9 Å². The van der Waals surface area contributed by atoms with Crippen LogP contribution in [-0.4, -0.2) is 23.6 Å². The maximum Gasteiger partial charge on any atom is 0.418 e. The van der Waals surface area contributed by atoms with Gasteiger partial charge in [0.1, 0.15) is 0 Å². The number of halogens is 3. The second kappa shape index (κ2) is 5.57. The Morgan fingerprint density at radius 3 is 2.35 bits per heavy atom. The first-order valence-electron chi connectivity index (χ1n) is 6.33. The molecule has 2 nitrogen and oxygen atoms in total. The molecule has 0 N–H and O–H groups in total. The molecule has 1 fully saturated rings. The molecule has 0 aromatic heterocycles. The van der Waals surface area contributed by atoms with Crippen LogP contribution in [0.3, 0.4) is 0 Å². The summed E-state index contributed by atoms with van der Waals surface area (Å²) in [4.78, 5) is 1.75. The van der Waals surface area contributed by atoms with E-state index in [9.17, 15) is 13.2 Å². The minimum absolute atomic E-state index is 0.121. The Hall–Kier alpha value is -1.35. The maximum absolute atomic E-state index is 13.1. The topological polar surface area (TPSA) is 27.0 Å². The van der Waals surface area contributed by atoms with Gasteiger partial charge in [0.25, 0.3) is 0 Å². The van der Waals surface area contributed by atoms with E-state index in [4.69, 9.17) is 5.26 Å². The van der Waals surface area contributed by atoms with Crippen molar-refractivity contribution in [2.75, 3.05) is 18.0 Å². The molecule has 0 amide bonds. The summed E-state index contributed by atoms with van der Waals surface area (Å²) in [6.45, 7) is 5.14. The molecule has 20 heavy (non-hydrogen) atoms. The van der Waals surface area contributed by atoms with Gasteiger partial charge >= 0.3 is 6.18 Å². The highest BCUT2D eigenvalue weighted by atomic mass is 32.2. The molecule has 108 valence electrons. The number of thioether (sulfide) groups is 1. The van der Waals surface area contributed by atoms with Crippen molar-refractivity contribution in [1.29, 1.82) is 5.26 Å². The molecule has 2 rings (SSSR count). The summed E-state index contributed by atoms with van der Waals surface area (Å²) in [5.74, 6) is 0. The van der Waals surface area contributed by atoms with E-state index in [0.29, 0.717) is 13.1 Å². The number of nitrogens with zero attached hydrogens (tertiary/aromatic N) is 2. The Labute approximate surface area is 120 Å². The molecular formula is C14H15F3N2S. The van der Waals surface area contributed by atoms with Crippen molar-refractivity contribution in [2.45, 2.75) is 30.5 Å². The van der Waals surface area contributed by atoms with Gasteiger partial charge in [-0.25, -0.2) is 0 Å². The third-order valence-electron chi connectivity index (χ3n) is 3.19. The number of rotatable bonds is 1. The Morgan fingerprint density at radius 2 is 1.85 bits per heavy atom. The second-order valence-corrected chi connectivity index (χ2v) is 6.89. The fourth-order valence-electron chi connectivity index (χ4n) is 2.48. The summed E-state index contributed by atoms with van der Waals surface area (Å²) in [5.41, 5.74) is -0.287. The van der Waals surface area contributed by atoms with Gasteiger partial charge in [-0.15, -0.1) is 0 Å². The molecular weight excluding hydrogens is 285 g/mol. The van der Waals surface area contributed by atoms with E-state index in [1.165, 1.54) is 12.1 Å². The summed E-state index contributed by atoms with van der Waals surface area (Å²) >= 11 is 1.78. The predicted octanol–water partition coefficient (Wildman–Crippen LogP) is 3.91. The second-order valence-electron chi connectivity index (χ2n) is 5.00. The maximum atomic E-state index is 13.1. The van der Waals surface area contributed by atoms with Crippen LogP contribution < -0.4 is 4.90 Å². The van der Waals surface area contributed by atoms with Gasteiger partial charge in [-0.1, -0.05) is 13.8 Å². The highest BCUT2D eigenvalue weighted by molar-refractivity contribution is 8.00. The van der Waals surface area contributed by atoms with E-state index < -0.39 is 11.7 Å². The molecule has 0 bridgehead atoms. The molecule has 0 radical (unpaired) electrons. The zero-order valence-corrected chi connectivity index (χ0v) is 12.1. The Kier molecular flexibility index (Phi) is 4.19. The number of alkyl halides is 3. The number of hydrogen-bond acceptors (Lipinski definition) is 3. The number of anilines is 1. The lowest BCUT2D eigenvalue weighted by atomic mass is 10.1. The average Bonchev–Trinajstić information content (AvgIpc) is 2.35. The first-order chi connectivity index (χ1) is 9.31. The molecule has 1 saturated heterocycles. The van der Waals surface area contributed by atoms with E-state index in [1.807, 2.05) is 19.9 Å². The third kappa shape index (κ3) is 3.21. The van der Waals surface area contributed by atoms with Crippen LogP contribution in [0.2, 0.25) is 0 Å². The zero-order chi connectivity index (χ0) is 14.9. The van der Waals surface area contributed by atoms with Crippen LogP contribution in [-0.2, 0) is 6.18 Å². The Bertz CT molecular complexity index is 526. The fraction of sp³-hybridized carbons (Fsp3) is 0.500. The van der Waals surface area contributed by atoms with Crippen molar-refractivity contribution in [2.24, 2.45) is 0 Å². The molecule has 6 heteroatoms. The van der Waals surface area contributed by atoms with Crippen molar-refractivity contribution in [3.63, 3.8) is 0 Å². The Morgan fingerprint density at radius 1 is 1.25 bits per heavy atom. The summed E-state index contributed by atoms with van der Waals surface area (Å²) in [6.07, 6.45) is -4.40. The fourth-order valence-corrected chi connectivity index (χ4v) is 3.80. The number of benzene rings is 1. The molecule has 0 aliphatic carbocycles. The molecule has 2 unspecified atom stereocenters. The van der Waals surface area contributed by atoms with Crippen LogP contribution >= 0.6 is 11.8 Å². The minimum atomic E-state index is -4.40. The van der Waals surface area contributed by atoms with E-state index in [2.05, 4.69) is 0 Å². The van der Waals surface area contributed by atoms with Crippen molar-refractivity contribution < 1.29 is 13.2 Å². The summed E-state index contributed by atoms with van der Waals surface area (Å²) < 4.78 is 39.4. The van der Waals surface area contributed by atoms with Gasteiger partial charge in [0.15, 0.2) is 0 Å². The molecule has 1 heterocycles. The van der Waals surface area contributed by atoms with Crippen LogP contribution in [0.25, 0.3) is 0 Å². The van der Waals surface area contributed by atoms with Crippen LogP contribution in [0.5, 0.6) is 0 Å². The quantitative estimate of drug-likeness (QED) is 0.787. The Balaban J connectivity index is 2.45. The molecule has 2 atom stereocenters. The normalized spacial score (nSPS) is 23.5. The van der Waals surface area contributed by atoms with Crippen molar-refractivity contribution in [1.82, 2.24) is 0 Å². The highest BCUT2D eigenvalue weighted by Gasteiger charge is 2.36. The predicted molar refractivity (Wildman–Crippen MR) is 74.9 cm³/mol. The lowest BCUT2D eigenvalue weighted by Gasteiger charge is -2.37. The van der Waals surface area contributed by atoms with Gasteiger partial charge in [0, 0.05) is 23.6 Å². The lowest BCUT2D eigenvalue weighted by Crippen LogP contribution is -2.41. The minimum Gasteiger partial charge on any atom is -0.369 e. The van der Waals surface area contributed by atoms with Crippen LogP contribution in [0.15, 0.2) is 18.2 Å². The van der Waals surface area contributed by atoms with Crippen molar-refractivity contribution in [3.05, 3.63) is 29.3 Å². The summed E-state index contributed by atoms with van der Waals surface area (Å²) in [7, 11) is 0. The molecule has 1 aromatic carbocycles. The molecule has 1 aliphatic rings. The molecule has 1 aromatic rings. The highest BCUT2D eigenvalue weighted by Crippen LogP contribution is 2.39. The standard InChI is InChI=1S/C14H15F3N2S/c1-9-7-19(8-10(2)20-9)13-5-11(6-18)3-4-12(13)14(15,16)17/h3-5,9-10H,7-8H2,1-2H3. The first kappa shape index (κ1) is 15.0. The lowest BCUT2D eigenvalue weighted by molar-refractivity contribution is -0.137. The van der Waals surface area contributed by atoms with Crippen LogP contribution in [0, 0.1) is 11.3 Å². The van der Waals surface area contributed by atoms with Crippen molar-refractivity contribution >= 4 is 17.4 Å². The van der Waals surface area contributed by atoms with E-state index in [-0.39, 0.29) is 21.8 Å². The van der Waals surface area contributed by atoms with Crippen LogP contribution in [0.4, 0.5) is 18.9 Å². The van der Waals surface area contributed by atoms with E-state index >= 15 is 0 Å². The monoisotopic (exact) mass is 300 g/mol. The van der Waals surface area contributed by atoms with Gasteiger partial charge in [0.2, 0.25) is 0 Å². The molecule has 0 spiro atoms. The smallest absolute Gasteiger partial charge is 0.369 e. The van der Waals surface area contributed by atoms with Gasteiger partial charge in [-0.2, -0.15) is 30.2 Å². The molecule has 1 aliphatic heterocycles. The van der Waals surface area contributed by atoms with Crippen molar-refractivity contribution in [3.8, 4) is 6.07 Å². The van der Waals surface area contributed by atoms with Gasteiger partial charge in [-0.05, 0) is 18.2 Å². The first-order valence-corrected chi connectivity index (χ1v) is 7.27. The van der Waals surface area contributed by atoms with Gasteiger partial charge < -0.3 is 4.90 Å². The summed E-state index contributed by atoms with van der Waals surface area (Å²) in [6, 6.07) is 5.48. The van der Waals surface area contributed by atoms with E-state index in [0.717, 1.165) is 6.07 Å². The zero-order valence-electron chi connectivity index (χ0n) is 11.2. The number of hydrogen-bond donors (Lipinski definition) is 0. The number of nitriles is 1. The third-order valence-corrected chi connectivity index (χ3v) is 4.42. The van der Waals surface area contributed by atoms with Crippen LogP contribution in [0.1, 0.15) is 25.0 Å². The van der Waals surface area contributed by atoms with E-state index in [1.54, 1.807) is 16.7 Å². The SMILES string of the molecule is CC1CN(c2cc(C#N)ccc2C(F)(F)F)CC(C)S1. The average molecular weight is 300 g/mol.